The summed E-state index contributed by atoms with van der Waals surface area (Å²) < 4.78 is 1.99. The molecule has 1 aliphatic heterocycles. The zero-order valence-electron chi connectivity index (χ0n) is 14.6. The third kappa shape index (κ3) is 3.68. The van der Waals surface area contributed by atoms with Crippen molar-refractivity contribution in [1.82, 2.24) is 14.3 Å². The molecule has 0 spiro atoms. The van der Waals surface area contributed by atoms with Gasteiger partial charge in [0.25, 0.3) is 5.91 Å². The van der Waals surface area contributed by atoms with Crippen molar-refractivity contribution in [2.45, 2.75) is 29.5 Å². The van der Waals surface area contributed by atoms with Gasteiger partial charge in [-0.2, -0.15) is 0 Å². The van der Waals surface area contributed by atoms with Crippen molar-refractivity contribution in [3.05, 3.63) is 66.1 Å². The van der Waals surface area contributed by atoms with E-state index in [1.165, 1.54) is 4.90 Å². The number of thioether (sulfide) groups is 1. The number of imidazole rings is 1. The Balaban J connectivity index is 1.41. The molecule has 2 aromatic heterocycles. The van der Waals surface area contributed by atoms with Crippen LogP contribution in [0.2, 0.25) is 0 Å². The Morgan fingerprint density at radius 3 is 2.74 bits per heavy atom. The lowest BCUT2D eigenvalue weighted by Gasteiger charge is -2.21. The number of nitrogens with zero attached hydrogens (tertiary/aromatic N) is 3. The minimum Gasteiger partial charge on any atom is -0.480 e. The minimum atomic E-state index is -0.930. The summed E-state index contributed by atoms with van der Waals surface area (Å²) in [7, 11) is 0. The number of hydrogen-bond donors (Lipinski definition) is 1. The number of amides is 1. The first-order valence-corrected chi connectivity index (χ1v) is 9.79. The Labute approximate surface area is 160 Å². The van der Waals surface area contributed by atoms with Crippen LogP contribution in [-0.4, -0.2) is 43.9 Å². The first-order chi connectivity index (χ1) is 13.1. The summed E-state index contributed by atoms with van der Waals surface area (Å²) in [4.78, 5) is 31.0. The van der Waals surface area contributed by atoms with Crippen molar-refractivity contribution in [2.24, 2.45) is 0 Å². The number of rotatable bonds is 5. The molecule has 7 heteroatoms. The minimum absolute atomic E-state index is 0.211. The zero-order chi connectivity index (χ0) is 18.8. The van der Waals surface area contributed by atoms with Gasteiger partial charge in [-0.1, -0.05) is 6.07 Å². The van der Waals surface area contributed by atoms with Crippen LogP contribution in [0.15, 0.2) is 59.8 Å². The van der Waals surface area contributed by atoms with Crippen molar-refractivity contribution in [1.29, 1.82) is 0 Å². The molecule has 6 nitrogen and oxygen atoms in total. The molecule has 4 rings (SSSR count). The Morgan fingerprint density at radius 2 is 2.00 bits per heavy atom. The van der Waals surface area contributed by atoms with Crippen molar-refractivity contribution >= 4 is 29.3 Å². The molecule has 1 N–H and O–H groups in total. The highest BCUT2D eigenvalue weighted by atomic mass is 32.2. The molecule has 0 bridgehead atoms. The third-order valence-corrected chi connectivity index (χ3v) is 5.75. The van der Waals surface area contributed by atoms with Crippen LogP contribution in [0.25, 0.3) is 5.65 Å². The Morgan fingerprint density at radius 1 is 1.19 bits per heavy atom. The second-order valence-corrected chi connectivity index (χ2v) is 7.55. The van der Waals surface area contributed by atoms with Crippen molar-refractivity contribution in [3.8, 4) is 0 Å². The fourth-order valence-electron chi connectivity index (χ4n) is 3.34. The maximum Gasteiger partial charge on any atom is 0.326 e. The summed E-state index contributed by atoms with van der Waals surface area (Å²) in [6.45, 7) is 0.500. The number of carboxylic acid groups (broad SMARTS) is 1. The molecular weight excluding hydrogens is 362 g/mol. The Bertz CT molecular complexity index is 951. The van der Waals surface area contributed by atoms with Crippen LogP contribution in [0.3, 0.4) is 0 Å². The molecule has 1 saturated heterocycles. The van der Waals surface area contributed by atoms with E-state index in [-0.39, 0.29) is 5.91 Å². The lowest BCUT2D eigenvalue weighted by molar-refractivity contribution is -0.141. The summed E-state index contributed by atoms with van der Waals surface area (Å²) in [6.07, 6.45) is 5.24. The van der Waals surface area contributed by atoms with E-state index in [1.54, 1.807) is 23.9 Å². The molecule has 3 aromatic rings. The molecule has 0 radical (unpaired) electrons. The monoisotopic (exact) mass is 381 g/mol. The normalized spacial score (nSPS) is 16.7. The van der Waals surface area contributed by atoms with Crippen LogP contribution < -0.4 is 0 Å². The third-order valence-electron chi connectivity index (χ3n) is 4.70. The van der Waals surface area contributed by atoms with Crippen LogP contribution in [0.4, 0.5) is 0 Å². The van der Waals surface area contributed by atoms with Crippen molar-refractivity contribution in [2.75, 3.05) is 6.54 Å². The molecule has 0 saturated carbocycles. The maximum atomic E-state index is 12.6. The van der Waals surface area contributed by atoms with Crippen LogP contribution in [0.5, 0.6) is 0 Å². The standard InChI is InChI=1S/C20H19N3O3S/c24-19(23-11-3-4-17(23)20(25)26)14-6-8-16(9-7-14)27-13-15-12-22-10-2-1-5-18(22)21-15/h1-2,5-10,12,17H,3-4,11,13H2,(H,25,26)/t17-/m1/s1. The number of benzene rings is 1. The Kier molecular flexibility index (Phi) is 4.85. The van der Waals surface area contributed by atoms with E-state index < -0.39 is 12.0 Å². The van der Waals surface area contributed by atoms with Gasteiger partial charge in [0.05, 0.1) is 5.69 Å². The van der Waals surface area contributed by atoms with E-state index in [0.29, 0.717) is 18.5 Å². The molecular formula is C20H19N3O3S. The van der Waals surface area contributed by atoms with E-state index in [2.05, 4.69) is 4.98 Å². The van der Waals surface area contributed by atoms with Crippen LogP contribution in [-0.2, 0) is 10.5 Å². The van der Waals surface area contributed by atoms with Crippen LogP contribution >= 0.6 is 11.8 Å². The number of likely N-dealkylation sites (tertiary alicyclic amines) is 1. The number of fused-ring (bicyclic) bond motifs is 1. The molecule has 27 heavy (non-hydrogen) atoms. The predicted molar refractivity (Wildman–Crippen MR) is 103 cm³/mol. The van der Waals surface area contributed by atoms with E-state index in [1.807, 2.05) is 47.1 Å². The number of aromatic nitrogens is 2. The second-order valence-electron chi connectivity index (χ2n) is 6.51. The van der Waals surface area contributed by atoms with Gasteiger partial charge in [-0.3, -0.25) is 4.79 Å². The van der Waals surface area contributed by atoms with Gasteiger partial charge in [-0.05, 0) is 49.2 Å². The molecule has 0 unspecified atom stereocenters. The summed E-state index contributed by atoms with van der Waals surface area (Å²) >= 11 is 1.65. The smallest absolute Gasteiger partial charge is 0.326 e. The van der Waals surface area contributed by atoms with E-state index >= 15 is 0 Å². The van der Waals surface area contributed by atoms with Gasteiger partial charge >= 0.3 is 5.97 Å². The van der Waals surface area contributed by atoms with Crippen LogP contribution in [0, 0.1) is 0 Å². The number of hydrogen-bond acceptors (Lipinski definition) is 4. The topological polar surface area (TPSA) is 74.9 Å². The first-order valence-electron chi connectivity index (χ1n) is 8.81. The van der Waals surface area contributed by atoms with E-state index in [4.69, 9.17) is 0 Å². The fraction of sp³-hybridized carbons (Fsp3) is 0.250. The number of carboxylic acids is 1. The average Bonchev–Trinajstić information content (AvgIpc) is 3.33. The quantitative estimate of drug-likeness (QED) is 0.686. The van der Waals surface area contributed by atoms with E-state index in [9.17, 15) is 14.7 Å². The maximum absolute atomic E-state index is 12.6. The molecule has 138 valence electrons. The molecule has 3 heterocycles. The van der Waals surface area contributed by atoms with Gasteiger partial charge < -0.3 is 14.4 Å². The molecule has 1 aromatic carbocycles. The van der Waals surface area contributed by atoms with Gasteiger partial charge in [-0.25, -0.2) is 9.78 Å². The first kappa shape index (κ1) is 17.6. The zero-order valence-corrected chi connectivity index (χ0v) is 15.4. The highest BCUT2D eigenvalue weighted by molar-refractivity contribution is 7.98. The van der Waals surface area contributed by atoms with E-state index in [0.717, 1.165) is 28.4 Å². The average molecular weight is 381 g/mol. The number of carbonyl (C=O) groups excluding carboxylic acids is 1. The largest absolute Gasteiger partial charge is 0.480 e. The van der Waals surface area contributed by atoms with Gasteiger partial charge in [-0.15, -0.1) is 11.8 Å². The van der Waals surface area contributed by atoms with Gasteiger partial charge in [0.1, 0.15) is 11.7 Å². The van der Waals surface area contributed by atoms with Crippen LogP contribution in [0.1, 0.15) is 28.9 Å². The number of carbonyl (C=O) groups is 2. The van der Waals surface area contributed by atoms with Gasteiger partial charge in [0.15, 0.2) is 0 Å². The Hall–Kier alpha value is -2.80. The van der Waals surface area contributed by atoms with Crippen molar-refractivity contribution in [3.63, 3.8) is 0 Å². The highest BCUT2D eigenvalue weighted by Gasteiger charge is 2.34. The molecule has 1 amide bonds. The summed E-state index contributed by atoms with van der Waals surface area (Å²) in [6, 6.07) is 12.5. The fourth-order valence-corrected chi connectivity index (χ4v) is 4.12. The second kappa shape index (κ2) is 7.44. The lowest BCUT2D eigenvalue weighted by Crippen LogP contribution is -2.40. The van der Waals surface area contributed by atoms with Gasteiger partial charge in [0.2, 0.25) is 0 Å². The summed E-state index contributed by atoms with van der Waals surface area (Å²) in [5.41, 5.74) is 2.44. The SMILES string of the molecule is O=C(O)[C@H]1CCCN1C(=O)c1ccc(SCc2cn3ccccc3n2)cc1. The number of aliphatic carboxylic acids is 1. The summed E-state index contributed by atoms with van der Waals surface area (Å²) in [5, 5.41) is 9.25. The van der Waals surface area contributed by atoms with Crippen molar-refractivity contribution < 1.29 is 14.7 Å². The van der Waals surface area contributed by atoms with Gasteiger partial charge in [0, 0.05) is 35.2 Å². The molecule has 0 aliphatic carbocycles. The molecule has 1 atom stereocenters. The summed E-state index contributed by atoms with van der Waals surface area (Å²) in [5.74, 6) is -0.403. The predicted octanol–water partition coefficient (Wildman–Crippen LogP) is 3.32. The number of pyridine rings is 1. The molecule has 1 fully saturated rings. The highest BCUT2D eigenvalue weighted by Crippen LogP contribution is 2.25. The molecule has 1 aliphatic rings. The lowest BCUT2D eigenvalue weighted by atomic mass is 10.1.